The van der Waals surface area contributed by atoms with Crippen molar-refractivity contribution in [1.82, 2.24) is 0 Å². The van der Waals surface area contributed by atoms with Crippen molar-refractivity contribution in [3.8, 4) is 0 Å². The number of ether oxygens (including phenoxy) is 1. The molecule has 0 heterocycles. The van der Waals surface area contributed by atoms with E-state index in [-0.39, 0.29) is 12.2 Å². The van der Waals surface area contributed by atoms with Crippen LogP contribution < -0.4 is 5.32 Å². The molecule has 0 fully saturated rings. The van der Waals surface area contributed by atoms with Crippen LogP contribution in [0.25, 0.3) is 0 Å². The molecule has 1 aromatic carbocycles. The molecule has 0 aromatic heterocycles. The lowest BCUT2D eigenvalue weighted by molar-refractivity contribution is -0.322. The van der Waals surface area contributed by atoms with E-state index >= 15 is 0 Å². The molecule has 1 aromatic rings. The van der Waals surface area contributed by atoms with Gasteiger partial charge >= 0.3 is 6.36 Å². The predicted octanol–water partition coefficient (Wildman–Crippen LogP) is 2.91. The van der Waals surface area contributed by atoms with Gasteiger partial charge in [0.1, 0.15) is 11.6 Å². The van der Waals surface area contributed by atoms with Crippen molar-refractivity contribution in [2.45, 2.75) is 6.36 Å². The van der Waals surface area contributed by atoms with Gasteiger partial charge in [-0.15, -0.1) is 13.2 Å². The lowest BCUT2D eigenvalue weighted by atomic mass is 10.3. The largest absolute Gasteiger partial charge is 0.522 e. The molecule has 0 radical (unpaired) electrons. The summed E-state index contributed by atoms with van der Waals surface area (Å²) >= 11 is 0. The molecule has 0 atom stereocenters. The molecule has 0 unspecified atom stereocenters. The molecule has 0 bridgehead atoms. The van der Waals surface area contributed by atoms with Crippen LogP contribution in [-0.2, 0) is 4.74 Å². The Morgan fingerprint density at radius 2 is 1.88 bits per heavy atom. The molecule has 0 aliphatic carbocycles. The average Bonchev–Trinajstić information content (AvgIpc) is 2.13. The van der Waals surface area contributed by atoms with Gasteiger partial charge in [-0.1, -0.05) is 0 Å². The molecule has 1 rings (SSSR count). The molecular weight excluding hydrogens is 233 g/mol. The van der Waals surface area contributed by atoms with Gasteiger partial charge < -0.3 is 5.32 Å². The summed E-state index contributed by atoms with van der Waals surface area (Å²) in [5, 5.41) is 2.35. The lowest BCUT2D eigenvalue weighted by Gasteiger charge is -2.09. The predicted molar refractivity (Wildman–Crippen MR) is 46.9 cm³/mol. The summed E-state index contributed by atoms with van der Waals surface area (Å²) in [6, 6.07) is 2.72. The number of halogens is 5. The fourth-order valence-corrected chi connectivity index (χ4v) is 0.985. The summed E-state index contributed by atoms with van der Waals surface area (Å²) in [5.41, 5.74) is -0.0767. The van der Waals surface area contributed by atoms with Crippen LogP contribution >= 0.6 is 0 Å². The molecule has 7 heteroatoms. The van der Waals surface area contributed by atoms with Crippen LogP contribution in [0.3, 0.4) is 0 Å². The summed E-state index contributed by atoms with van der Waals surface area (Å²) < 4.78 is 63.5. The number of alkyl halides is 3. The third-order valence-corrected chi connectivity index (χ3v) is 1.61. The van der Waals surface area contributed by atoms with Gasteiger partial charge in [0, 0.05) is 12.6 Å². The number of anilines is 1. The fraction of sp³-hybridized carbons (Fsp3) is 0.333. The Hall–Kier alpha value is -1.37. The molecule has 0 spiro atoms. The summed E-state index contributed by atoms with van der Waals surface area (Å²) in [7, 11) is 0. The van der Waals surface area contributed by atoms with Crippen molar-refractivity contribution >= 4 is 5.69 Å². The van der Waals surface area contributed by atoms with Crippen LogP contribution in [0.4, 0.5) is 27.6 Å². The smallest absolute Gasteiger partial charge is 0.380 e. The Kier molecular flexibility index (Phi) is 4.05. The second-order valence-corrected chi connectivity index (χ2v) is 2.85. The third kappa shape index (κ3) is 4.43. The van der Waals surface area contributed by atoms with Crippen molar-refractivity contribution in [1.29, 1.82) is 0 Å². The summed E-state index contributed by atoms with van der Waals surface area (Å²) in [6.45, 7) is -0.887. The van der Waals surface area contributed by atoms with E-state index in [0.29, 0.717) is 6.07 Å². The van der Waals surface area contributed by atoms with Crippen molar-refractivity contribution in [3.05, 3.63) is 29.8 Å². The van der Waals surface area contributed by atoms with Gasteiger partial charge in [0.05, 0.1) is 12.3 Å². The Morgan fingerprint density at radius 1 is 1.19 bits per heavy atom. The second kappa shape index (κ2) is 5.11. The first-order chi connectivity index (χ1) is 7.38. The van der Waals surface area contributed by atoms with Crippen molar-refractivity contribution in [2.24, 2.45) is 0 Å². The zero-order valence-corrected chi connectivity index (χ0v) is 7.94. The Labute approximate surface area is 88.0 Å². The molecule has 0 amide bonds. The maximum Gasteiger partial charge on any atom is 0.522 e. The first-order valence-electron chi connectivity index (χ1n) is 4.28. The molecule has 90 valence electrons. The van der Waals surface area contributed by atoms with Crippen molar-refractivity contribution in [2.75, 3.05) is 18.5 Å². The van der Waals surface area contributed by atoms with Crippen LogP contribution in [0.15, 0.2) is 18.2 Å². The van der Waals surface area contributed by atoms with E-state index in [1.165, 1.54) is 0 Å². The van der Waals surface area contributed by atoms with Crippen LogP contribution in [0, 0.1) is 11.6 Å². The topological polar surface area (TPSA) is 21.3 Å². The number of hydrogen-bond acceptors (Lipinski definition) is 2. The summed E-state index contributed by atoms with van der Waals surface area (Å²) in [4.78, 5) is 0. The van der Waals surface area contributed by atoms with Gasteiger partial charge in [-0.25, -0.2) is 8.78 Å². The quantitative estimate of drug-likeness (QED) is 0.646. The molecule has 0 saturated carbocycles. The minimum Gasteiger partial charge on any atom is -0.380 e. The third-order valence-electron chi connectivity index (χ3n) is 1.61. The Bertz CT molecular complexity index is 352. The highest BCUT2D eigenvalue weighted by Crippen LogP contribution is 2.17. The number of benzene rings is 1. The Morgan fingerprint density at radius 3 is 2.44 bits per heavy atom. The highest BCUT2D eigenvalue weighted by atomic mass is 19.4. The summed E-state index contributed by atoms with van der Waals surface area (Å²) in [5.74, 6) is -1.62. The van der Waals surface area contributed by atoms with E-state index in [4.69, 9.17) is 0 Å². The molecule has 0 saturated heterocycles. The van der Waals surface area contributed by atoms with Gasteiger partial charge in [0.15, 0.2) is 0 Å². The maximum absolute atomic E-state index is 12.9. The average molecular weight is 241 g/mol. The number of hydrogen-bond donors (Lipinski definition) is 1. The van der Waals surface area contributed by atoms with Crippen LogP contribution in [0.2, 0.25) is 0 Å². The molecular formula is C9H8F5NO. The molecule has 2 nitrogen and oxygen atoms in total. The second-order valence-electron chi connectivity index (χ2n) is 2.85. The van der Waals surface area contributed by atoms with Crippen LogP contribution in [0.1, 0.15) is 0 Å². The van der Waals surface area contributed by atoms with Gasteiger partial charge in [-0.05, 0) is 12.1 Å². The normalized spacial score (nSPS) is 11.6. The first kappa shape index (κ1) is 12.7. The number of rotatable bonds is 4. The van der Waals surface area contributed by atoms with Crippen LogP contribution in [-0.4, -0.2) is 19.5 Å². The van der Waals surface area contributed by atoms with E-state index in [2.05, 4.69) is 10.1 Å². The molecule has 0 aliphatic heterocycles. The Balaban J connectivity index is 2.38. The highest BCUT2D eigenvalue weighted by Gasteiger charge is 2.28. The van der Waals surface area contributed by atoms with Gasteiger partial charge in [0.2, 0.25) is 0 Å². The van der Waals surface area contributed by atoms with E-state index in [1.807, 2.05) is 0 Å². The minimum absolute atomic E-state index is 0.0767. The number of nitrogens with one attached hydrogen (secondary N) is 1. The van der Waals surface area contributed by atoms with E-state index in [9.17, 15) is 22.0 Å². The molecule has 1 N–H and O–H groups in total. The van der Waals surface area contributed by atoms with E-state index in [0.717, 1.165) is 12.1 Å². The zero-order valence-electron chi connectivity index (χ0n) is 7.94. The lowest BCUT2D eigenvalue weighted by Crippen LogP contribution is -2.19. The van der Waals surface area contributed by atoms with Gasteiger partial charge in [0.25, 0.3) is 0 Å². The van der Waals surface area contributed by atoms with Crippen LogP contribution in [0.5, 0.6) is 0 Å². The first-order valence-corrected chi connectivity index (χ1v) is 4.28. The standard InChI is InChI=1S/C9H8F5NO/c10-6-1-2-8(7(11)5-6)15-3-4-16-9(12,13)14/h1-2,5,15H,3-4H2. The van der Waals surface area contributed by atoms with Gasteiger partial charge in [-0.3, -0.25) is 4.74 Å². The van der Waals surface area contributed by atoms with Gasteiger partial charge in [-0.2, -0.15) is 0 Å². The fourth-order valence-electron chi connectivity index (χ4n) is 0.985. The SMILES string of the molecule is Fc1ccc(NCCOC(F)(F)F)c(F)c1. The monoisotopic (exact) mass is 241 g/mol. The zero-order chi connectivity index (χ0) is 12.2. The van der Waals surface area contributed by atoms with E-state index < -0.39 is 24.6 Å². The molecule has 16 heavy (non-hydrogen) atoms. The van der Waals surface area contributed by atoms with E-state index in [1.54, 1.807) is 0 Å². The maximum atomic E-state index is 12.9. The van der Waals surface area contributed by atoms with Crippen molar-refractivity contribution in [3.63, 3.8) is 0 Å². The summed E-state index contributed by atoms with van der Waals surface area (Å²) in [6.07, 6.45) is -4.71. The highest BCUT2D eigenvalue weighted by molar-refractivity contribution is 5.44. The minimum atomic E-state index is -4.71. The van der Waals surface area contributed by atoms with Crippen molar-refractivity contribution < 1.29 is 26.7 Å². The molecule has 0 aliphatic rings.